The van der Waals surface area contributed by atoms with E-state index in [1.807, 2.05) is 36.2 Å². The fourth-order valence-electron chi connectivity index (χ4n) is 1.71. The van der Waals surface area contributed by atoms with E-state index >= 15 is 0 Å². The second kappa shape index (κ2) is 5.88. The number of rotatable bonds is 4. The summed E-state index contributed by atoms with van der Waals surface area (Å²) in [5.41, 5.74) is 7.62. The van der Waals surface area contributed by atoms with Gasteiger partial charge in [-0.25, -0.2) is 4.98 Å². The number of hydrogen-bond donors (Lipinski definition) is 1. The highest BCUT2D eigenvalue weighted by Gasteiger charge is 2.09. The summed E-state index contributed by atoms with van der Waals surface area (Å²) >= 11 is 3.33. The molecule has 5 nitrogen and oxygen atoms in total. The van der Waals surface area contributed by atoms with Crippen molar-refractivity contribution in [2.75, 3.05) is 24.8 Å². The molecule has 2 N–H and O–H groups in total. The molecular formula is C13H15BrN4O. The molecule has 0 aliphatic carbocycles. The van der Waals surface area contributed by atoms with Gasteiger partial charge in [-0.05, 0) is 33.6 Å². The van der Waals surface area contributed by atoms with E-state index < -0.39 is 0 Å². The first-order valence-corrected chi connectivity index (χ1v) is 6.51. The van der Waals surface area contributed by atoms with Gasteiger partial charge in [0.2, 0.25) is 11.8 Å². The molecule has 0 aliphatic heterocycles. The molecule has 1 heterocycles. The number of benzene rings is 1. The Kier molecular flexibility index (Phi) is 4.21. The molecule has 2 rings (SSSR count). The average molecular weight is 323 g/mol. The molecule has 0 aliphatic rings. The van der Waals surface area contributed by atoms with E-state index in [0.717, 1.165) is 15.7 Å². The summed E-state index contributed by atoms with van der Waals surface area (Å²) in [7, 11) is 3.50. The van der Waals surface area contributed by atoms with Crippen LogP contribution in [-0.2, 0) is 6.54 Å². The second-order valence-electron chi connectivity index (χ2n) is 4.13. The fourth-order valence-corrected chi connectivity index (χ4v) is 2.06. The summed E-state index contributed by atoms with van der Waals surface area (Å²) in [5.74, 6) is 1.12. The summed E-state index contributed by atoms with van der Waals surface area (Å²) in [6.45, 7) is 0.676. The first-order chi connectivity index (χ1) is 9.10. The topological polar surface area (TPSA) is 64.3 Å². The van der Waals surface area contributed by atoms with Gasteiger partial charge in [-0.3, -0.25) is 0 Å². The molecule has 0 fully saturated rings. The third-order valence-electron chi connectivity index (χ3n) is 2.60. The Hall–Kier alpha value is -1.82. The van der Waals surface area contributed by atoms with Crippen molar-refractivity contribution in [1.29, 1.82) is 0 Å². The van der Waals surface area contributed by atoms with Crippen molar-refractivity contribution < 1.29 is 4.74 Å². The highest BCUT2D eigenvalue weighted by atomic mass is 79.9. The van der Waals surface area contributed by atoms with E-state index in [1.54, 1.807) is 13.3 Å². The normalized spacial score (nSPS) is 10.3. The summed E-state index contributed by atoms with van der Waals surface area (Å²) in [4.78, 5) is 10.5. The second-order valence-corrected chi connectivity index (χ2v) is 4.98. The summed E-state index contributed by atoms with van der Waals surface area (Å²) in [6, 6.07) is 7.75. The van der Waals surface area contributed by atoms with E-state index in [0.29, 0.717) is 18.4 Å². The molecule has 0 atom stereocenters. The van der Waals surface area contributed by atoms with Crippen molar-refractivity contribution in [3.63, 3.8) is 0 Å². The van der Waals surface area contributed by atoms with Crippen LogP contribution in [0.25, 0.3) is 0 Å². The summed E-state index contributed by atoms with van der Waals surface area (Å²) in [5, 5.41) is 0. The van der Waals surface area contributed by atoms with Gasteiger partial charge in [0, 0.05) is 19.3 Å². The van der Waals surface area contributed by atoms with Gasteiger partial charge in [-0.15, -0.1) is 0 Å². The molecule has 19 heavy (non-hydrogen) atoms. The van der Waals surface area contributed by atoms with Crippen LogP contribution in [0.15, 0.2) is 34.9 Å². The summed E-state index contributed by atoms with van der Waals surface area (Å²) < 4.78 is 5.89. The van der Waals surface area contributed by atoms with Crippen LogP contribution in [0.2, 0.25) is 0 Å². The lowest BCUT2D eigenvalue weighted by Crippen LogP contribution is -2.19. The lowest BCUT2D eigenvalue weighted by molar-refractivity contribution is 0.394. The molecule has 2 aromatic rings. The van der Waals surface area contributed by atoms with Gasteiger partial charge in [-0.1, -0.05) is 12.1 Å². The number of halogens is 1. The minimum atomic E-state index is 0.518. The average Bonchev–Trinajstić information content (AvgIpc) is 2.39. The maximum atomic E-state index is 5.76. The van der Waals surface area contributed by atoms with Gasteiger partial charge in [0.1, 0.15) is 0 Å². The van der Waals surface area contributed by atoms with Crippen molar-refractivity contribution >= 4 is 27.6 Å². The number of ether oxygens (including phenoxy) is 1. The maximum absolute atomic E-state index is 5.76. The van der Waals surface area contributed by atoms with E-state index in [4.69, 9.17) is 10.5 Å². The Morgan fingerprint density at radius 3 is 2.89 bits per heavy atom. The third kappa shape index (κ3) is 3.35. The van der Waals surface area contributed by atoms with E-state index in [-0.39, 0.29) is 0 Å². The van der Waals surface area contributed by atoms with Crippen LogP contribution in [0, 0.1) is 0 Å². The number of nitrogens with zero attached hydrogens (tertiary/aromatic N) is 3. The van der Waals surface area contributed by atoms with E-state index in [2.05, 4.69) is 25.9 Å². The Labute approximate surface area is 120 Å². The van der Waals surface area contributed by atoms with Gasteiger partial charge in [-0.2, -0.15) is 4.98 Å². The Bertz CT molecular complexity index is 576. The van der Waals surface area contributed by atoms with Crippen molar-refractivity contribution in [2.45, 2.75) is 6.54 Å². The lowest BCUT2D eigenvalue weighted by atomic mass is 10.2. The SMILES string of the molecule is COc1nc(N(C)Cc2cccc(N)c2)ncc1Br. The predicted molar refractivity (Wildman–Crippen MR) is 79.2 cm³/mol. The molecular weight excluding hydrogens is 308 g/mol. The highest BCUT2D eigenvalue weighted by Crippen LogP contribution is 2.23. The van der Waals surface area contributed by atoms with E-state index in [1.165, 1.54) is 0 Å². The molecule has 0 radical (unpaired) electrons. The quantitative estimate of drug-likeness (QED) is 0.876. The van der Waals surface area contributed by atoms with Crippen LogP contribution in [0.1, 0.15) is 5.56 Å². The molecule has 0 spiro atoms. The largest absolute Gasteiger partial charge is 0.480 e. The standard InChI is InChI=1S/C13H15BrN4O/c1-18(8-9-4-3-5-10(15)6-9)13-16-7-11(14)12(17-13)19-2/h3-7H,8,15H2,1-2H3. The van der Waals surface area contributed by atoms with Crippen LogP contribution < -0.4 is 15.4 Å². The van der Waals surface area contributed by atoms with Gasteiger partial charge in [0.05, 0.1) is 17.8 Å². The Morgan fingerprint density at radius 1 is 1.42 bits per heavy atom. The Balaban J connectivity index is 2.18. The van der Waals surface area contributed by atoms with Gasteiger partial charge < -0.3 is 15.4 Å². The number of aromatic nitrogens is 2. The Morgan fingerprint density at radius 2 is 2.21 bits per heavy atom. The molecule has 1 aromatic heterocycles. The van der Waals surface area contributed by atoms with Crippen LogP contribution >= 0.6 is 15.9 Å². The smallest absolute Gasteiger partial charge is 0.232 e. The van der Waals surface area contributed by atoms with Crippen molar-refractivity contribution in [1.82, 2.24) is 9.97 Å². The number of hydrogen-bond acceptors (Lipinski definition) is 5. The third-order valence-corrected chi connectivity index (χ3v) is 3.15. The number of anilines is 2. The monoisotopic (exact) mass is 322 g/mol. The van der Waals surface area contributed by atoms with Crippen molar-refractivity contribution in [3.8, 4) is 5.88 Å². The highest BCUT2D eigenvalue weighted by molar-refractivity contribution is 9.10. The van der Waals surface area contributed by atoms with Crippen LogP contribution in [0.4, 0.5) is 11.6 Å². The van der Waals surface area contributed by atoms with Gasteiger partial charge >= 0.3 is 0 Å². The van der Waals surface area contributed by atoms with Crippen LogP contribution in [-0.4, -0.2) is 24.1 Å². The molecule has 100 valence electrons. The zero-order valence-electron chi connectivity index (χ0n) is 10.8. The minimum absolute atomic E-state index is 0.518. The molecule has 0 saturated heterocycles. The molecule has 0 bridgehead atoms. The van der Waals surface area contributed by atoms with Gasteiger partial charge in [0.25, 0.3) is 0 Å². The fraction of sp³-hybridized carbons (Fsp3) is 0.231. The zero-order chi connectivity index (χ0) is 13.8. The van der Waals surface area contributed by atoms with Crippen molar-refractivity contribution in [3.05, 3.63) is 40.5 Å². The zero-order valence-corrected chi connectivity index (χ0v) is 12.4. The molecule has 0 saturated carbocycles. The predicted octanol–water partition coefficient (Wildman–Crippen LogP) is 2.47. The molecule has 0 unspecified atom stereocenters. The first kappa shape index (κ1) is 13.6. The first-order valence-electron chi connectivity index (χ1n) is 5.72. The number of nitrogens with two attached hydrogens (primary N) is 1. The van der Waals surface area contributed by atoms with Gasteiger partial charge in [0.15, 0.2) is 0 Å². The molecule has 1 aromatic carbocycles. The molecule has 6 heteroatoms. The lowest BCUT2D eigenvalue weighted by Gasteiger charge is -2.18. The maximum Gasteiger partial charge on any atom is 0.232 e. The van der Waals surface area contributed by atoms with Crippen LogP contribution in [0.3, 0.4) is 0 Å². The number of methoxy groups -OCH3 is 1. The summed E-state index contributed by atoms with van der Waals surface area (Å²) in [6.07, 6.45) is 1.68. The van der Waals surface area contributed by atoms with E-state index in [9.17, 15) is 0 Å². The molecule has 0 amide bonds. The minimum Gasteiger partial charge on any atom is -0.480 e. The van der Waals surface area contributed by atoms with Crippen LogP contribution in [0.5, 0.6) is 5.88 Å². The number of nitrogen functional groups attached to an aromatic ring is 1. The van der Waals surface area contributed by atoms with Crippen molar-refractivity contribution in [2.24, 2.45) is 0 Å².